The van der Waals surface area contributed by atoms with Crippen LogP contribution >= 0.6 is 46.0 Å². The van der Waals surface area contributed by atoms with Gasteiger partial charge in [-0.1, -0.05) is 30.3 Å². The van der Waals surface area contributed by atoms with Crippen LogP contribution in [0.15, 0.2) is 23.2 Å². The highest BCUT2D eigenvalue weighted by atomic mass is 127. The van der Waals surface area contributed by atoms with Gasteiger partial charge in [-0.3, -0.25) is 4.99 Å². The molecule has 0 saturated carbocycles. The van der Waals surface area contributed by atoms with E-state index >= 15 is 0 Å². The van der Waals surface area contributed by atoms with E-state index in [1.807, 2.05) is 18.2 Å². The molecule has 92 valence electrons. The third kappa shape index (κ3) is 3.76. The normalized spacial score (nSPS) is 24.4. The van der Waals surface area contributed by atoms with Crippen molar-refractivity contribution in [2.75, 3.05) is 5.32 Å². The highest BCUT2D eigenvalue weighted by Gasteiger charge is 2.18. The molecule has 2 unspecified atom stereocenters. The van der Waals surface area contributed by atoms with E-state index in [-0.39, 0.29) is 0 Å². The Balaban J connectivity index is 2.15. The van der Waals surface area contributed by atoms with Crippen molar-refractivity contribution in [3.05, 3.63) is 26.8 Å². The van der Waals surface area contributed by atoms with E-state index in [1.54, 1.807) is 11.8 Å². The van der Waals surface area contributed by atoms with Crippen molar-refractivity contribution in [2.24, 2.45) is 4.99 Å². The number of rotatable bonds is 1. The van der Waals surface area contributed by atoms with E-state index in [1.165, 1.54) is 0 Å². The van der Waals surface area contributed by atoms with Crippen LogP contribution in [0.5, 0.6) is 0 Å². The molecule has 1 aromatic rings. The van der Waals surface area contributed by atoms with Crippen LogP contribution in [0.3, 0.4) is 0 Å². The van der Waals surface area contributed by atoms with Crippen molar-refractivity contribution in [1.82, 2.24) is 0 Å². The van der Waals surface area contributed by atoms with E-state index in [9.17, 15) is 0 Å². The molecule has 0 spiro atoms. The molecule has 0 fully saturated rings. The highest BCUT2D eigenvalue weighted by molar-refractivity contribution is 14.1. The number of nitrogens with one attached hydrogen (secondary N) is 1. The Morgan fingerprint density at radius 1 is 1.47 bits per heavy atom. The smallest absolute Gasteiger partial charge is 0.161 e. The van der Waals surface area contributed by atoms with Crippen LogP contribution in [0.25, 0.3) is 0 Å². The van der Waals surface area contributed by atoms with Crippen molar-refractivity contribution >= 4 is 56.8 Å². The van der Waals surface area contributed by atoms with E-state index < -0.39 is 0 Å². The summed E-state index contributed by atoms with van der Waals surface area (Å²) in [6.45, 7) is 4.40. The Kier molecular flexibility index (Phi) is 4.60. The molecule has 0 aromatic heterocycles. The minimum atomic E-state index is 0.402. The molecular formula is C12H14ClIN2S. The number of halogens is 2. The Bertz CT molecular complexity index is 450. The molecular weight excluding hydrogens is 367 g/mol. The van der Waals surface area contributed by atoms with E-state index in [0.29, 0.717) is 11.3 Å². The fourth-order valence-corrected chi connectivity index (χ4v) is 3.94. The minimum absolute atomic E-state index is 0.402. The van der Waals surface area contributed by atoms with Gasteiger partial charge in [0.1, 0.15) is 0 Å². The zero-order chi connectivity index (χ0) is 12.4. The van der Waals surface area contributed by atoms with Gasteiger partial charge < -0.3 is 5.32 Å². The van der Waals surface area contributed by atoms with Crippen LogP contribution in [0, 0.1) is 3.57 Å². The highest BCUT2D eigenvalue weighted by Crippen LogP contribution is 2.28. The van der Waals surface area contributed by atoms with Crippen LogP contribution in [-0.4, -0.2) is 16.5 Å². The molecule has 0 amide bonds. The van der Waals surface area contributed by atoms with Crippen molar-refractivity contribution < 1.29 is 0 Å². The lowest BCUT2D eigenvalue weighted by Gasteiger charge is -2.23. The van der Waals surface area contributed by atoms with Crippen molar-refractivity contribution in [3.8, 4) is 0 Å². The number of benzene rings is 1. The maximum Gasteiger partial charge on any atom is 0.161 e. The zero-order valence-electron chi connectivity index (χ0n) is 9.71. The molecule has 0 bridgehead atoms. The lowest BCUT2D eigenvalue weighted by Crippen LogP contribution is -2.22. The summed E-state index contributed by atoms with van der Waals surface area (Å²) in [5.74, 6) is 0. The summed E-state index contributed by atoms with van der Waals surface area (Å²) in [7, 11) is 0. The molecule has 0 saturated heterocycles. The Labute approximate surface area is 125 Å². The standard InChI is InChI=1S/C12H14ClIN2S/c1-7-5-8(2)17-12(15-7)16-11-4-3-9(13)6-10(11)14/h3-4,6-8H,5H2,1-2H3,(H,15,16). The maximum absolute atomic E-state index is 5.94. The molecule has 2 nitrogen and oxygen atoms in total. The molecule has 2 atom stereocenters. The summed E-state index contributed by atoms with van der Waals surface area (Å²) in [6, 6.07) is 6.24. The number of aliphatic imine (C=N–C) groups is 1. The molecule has 1 heterocycles. The fourth-order valence-electron chi connectivity index (χ4n) is 1.77. The SMILES string of the molecule is CC1CC(C)SC(Nc2ccc(Cl)cc2I)=N1. The van der Waals surface area contributed by atoms with Gasteiger partial charge in [-0.2, -0.15) is 0 Å². The van der Waals surface area contributed by atoms with Crippen molar-refractivity contribution in [2.45, 2.75) is 31.6 Å². The number of amidine groups is 1. The van der Waals surface area contributed by atoms with Gasteiger partial charge in [-0.15, -0.1) is 0 Å². The summed E-state index contributed by atoms with van der Waals surface area (Å²) in [6.07, 6.45) is 1.15. The van der Waals surface area contributed by atoms with Gasteiger partial charge in [0.15, 0.2) is 5.17 Å². The predicted molar refractivity (Wildman–Crippen MR) is 86.4 cm³/mol. The molecule has 17 heavy (non-hydrogen) atoms. The first-order valence-electron chi connectivity index (χ1n) is 5.51. The molecule has 1 aliphatic rings. The number of nitrogens with zero attached hydrogens (tertiary/aromatic N) is 1. The lowest BCUT2D eigenvalue weighted by atomic mass is 10.2. The predicted octanol–water partition coefficient (Wildman–Crippen LogP) is 4.63. The Morgan fingerprint density at radius 3 is 2.88 bits per heavy atom. The second kappa shape index (κ2) is 5.80. The molecule has 0 aliphatic carbocycles. The van der Waals surface area contributed by atoms with Gasteiger partial charge >= 0.3 is 0 Å². The number of anilines is 1. The minimum Gasteiger partial charge on any atom is -0.334 e. The van der Waals surface area contributed by atoms with E-state index in [2.05, 4.69) is 46.7 Å². The third-order valence-corrected chi connectivity index (χ3v) is 4.65. The molecule has 1 aliphatic heterocycles. The summed E-state index contributed by atoms with van der Waals surface area (Å²) >= 11 is 10.0. The second-order valence-corrected chi connectivity index (χ2v) is 7.22. The maximum atomic E-state index is 5.94. The number of thioether (sulfide) groups is 1. The van der Waals surface area contributed by atoms with E-state index in [0.717, 1.165) is 25.9 Å². The van der Waals surface area contributed by atoms with Crippen molar-refractivity contribution in [3.63, 3.8) is 0 Å². The summed E-state index contributed by atoms with van der Waals surface area (Å²) in [5.41, 5.74) is 1.07. The quantitative estimate of drug-likeness (QED) is 0.719. The summed E-state index contributed by atoms with van der Waals surface area (Å²) in [5, 5.41) is 5.78. The first-order valence-corrected chi connectivity index (χ1v) is 7.85. The van der Waals surface area contributed by atoms with Crippen LogP contribution in [0.4, 0.5) is 5.69 Å². The molecule has 5 heteroatoms. The topological polar surface area (TPSA) is 24.4 Å². The summed E-state index contributed by atoms with van der Waals surface area (Å²) in [4.78, 5) is 4.62. The van der Waals surface area contributed by atoms with Crippen LogP contribution in [0.2, 0.25) is 5.02 Å². The van der Waals surface area contributed by atoms with Crippen LogP contribution in [0.1, 0.15) is 20.3 Å². The number of hydrogen-bond donors (Lipinski definition) is 1. The van der Waals surface area contributed by atoms with Gasteiger partial charge in [0.25, 0.3) is 0 Å². The lowest BCUT2D eigenvalue weighted by molar-refractivity contribution is 0.661. The Hall–Kier alpha value is 0.0600. The molecule has 2 rings (SSSR count). The Morgan fingerprint density at radius 2 is 2.24 bits per heavy atom. The average molecular weight is 381 g/mol. The van der Waals surface area contributed by atoms with Gasteiger partial charge in [0.05, 0.1) is 11.7 Å². The molecule has 1 aromatic carbocycles. The molecule has 1 N–H and O–H groups in total. The first kappa shape index (κ1) is 13.5. The average Bonchev–Trinajstić information content (AvgIpc) is 2.21. The number of hydrogen-bond acceptors (Lipinski definition) is 3. The van der Waals surface area contributed by atoms with Gasteiger partial charge in [-0.25, -0.2) is 0 Å². The van der Waals surface area contributed by atoms with Crippen molar-refractivity contribution in [1.29, 1.82) is 0 Å². The monoisotopic (exact) mass is 380 g/mol. The second-order valence-electron chi connectivity index (χ2n) is 4.20. The zero-order valence-corrected chi connectivity index (χ0v) is 13.4. The summed E-state index contributed by atoms with van der Waals surface area (Å²) < 4.78 is 1.12. The van der Waals surface area contributed by atoms with Crippen LogP contribution in [-0.2, 0) is 0 Å². The molecule has 0 radical (unpaired) electrons. The van der Waals surface area contributed by atoms with Crippen LogP contribution < -0.4 is 5.32 Å². The van der Waals surface area contributed by atoms with Gasteiger partial charge in [0, 0.05) is 13.8 Å². The largest absolute Gasteiger partial charge is 0.334 e. The van der Waals surface area contributed by atoms with Gasteiger partial charge in [0.2, 0.25) is 0 Å². The third-order valence-electron chi connectivity index (χ3n) is 2.50. The fraction of sp³-hybridized carbons (Fsp3) is 0.417. The van der Waals surface area contributed by atoms with Gasteiger partial charge in [-0.05, 0) is 54.1 Å². The first-order chi connectivity index (χ1) is 8.04. The van der Waals surface area contributed by atoms with E-state index in [4.69, 9.17) is 11.6 Å².